The van der Waals surface area contributed by atoms with Gasteiger partial charge < -0.3 is 5.32 Å². The Morgan fingerprint density at radius 1 is 1.12 bits per heavy atom. The summed E-state index contributed by atoms with van der Waals surface area (Å²) in [4.78, 5) is 12.2. The summed E-state index contributed by atoms with van der Waals surface area (Å²) in [6, 6.07) is 15.3. The number of nitrogens with one attached hydrogen (secondary N) is 1. The minimum absolute atomic E-state index is 0.149. The predicted octanol–water partition coefficient (Wildman–Crippen LogP) is 4.21. The second-order valence-electron chi connectivity index (χ2n) is 5.65. The van der Waals surface area contributed by atoms with Gasteiger partial charge in [-0.3, -0.25) is 9.48 Å². The summed E-state index contributed by atoms with van der Waals surface area (Å²) < 4.78 is 1.75. The molecule has 0 atom stereocenters. The molecular formula is C19H17Cl2N3O. The molecule has 0 spiro atoms. The van der Waals surface area contributed by atoms with E-state index in [1.54, 1.807) is 29.2 Å². The smallest absolute Gasteiger partial charge is 0.254 e. The van der Waals surface area contributed by atoms with Crippen molar-refractivity contribution < 1.29 is 4.79 Å². The molecule has 1 heterocycles. The molecule has 0 aliphatic rings. The normalized spacial score (nSPS) is 10.6. The van der Waals surface area contributed by atoms with E-state index < -0.39 is 0 Å². The second kappa shape index (κ2) is 8.19. The first-order valence-electron chi connectivity index (χ1n) is 7.90. The Labute approximate surface area is 156 Å². The van der Waals surface area contributed by atoms with Crippen molar-refractivity contribution in [2.24, 2.45) is 0 Å². The molecule has 3 rings (SSSR count). The number of benzene rings is 2. The summed E-state index contributed by atoms with van der Waals surface area (Å²) in [5, 5.41) is 8.33. The average molecular weight is 374 g/mol. The molecule has 0 saturated carbocycles. The number of carbonyl (C=O) groups is 1. The van der Waals surface area contributed by atoms with Gasteiger partial charge in [-0.1, -0.05) is 59.6 Å². The van der Waals surface area contributed by atoms with Gasteiger partial charge in [0.15, 0.2) is 0 Å². The molecule has 1 N–H and O–H groups in total. The number of hydrogen-bond acceptors (Lipinski definition) is 2. The Bertz CT molecular complexity index is 862. The first-order valence-corrected chi connectivity index (χ1v) is 8.66. The third-order valence-electron chi connectivity index (χ3n) is 3.78. The van der Waals surface area contributed by atoms with Gasteiger partial charge in [-0.15, -0.1) is 0 Å². The Morgan fingerprint density at radius 3 is 2.68 bits per heavy atom. The Balaban J connectivity index is 1.53. The molecule has 0 aliphatic heterocycles. The minimum Gasteiger partial charge on any atom is -0.352 e. The molecule has 0 radical (unpaired) electrons. The van der Waals surface area contributed by atoms with Crippen LogP contribution in [-0.2, 0) is 13.0 Å². The highest BCUT2D eigenvalue weighted by atomic mass is 35.5. The minimum atomic E-state index is -0.149. The lowest BCUT2D eigenvalue weighted by Gasteiger charge is -2.06. The van der Waals surface area contributed by atoms with Crippen LogP contribution in [0.5, 0.6) is 0 Å². The Hall–Kier alpha value is -2.30. The van der Waals surface area contributed by atoms with Gasteiger partial charge >= 0.3 is 0 Å². The van der Waals surface area contributed by atoms with Crippen molar-refractivity contribution in [2.75, 3.05) is 6.54 Å². The van der Waals surface area contributed by atoms with Crippen molar-refractivity contribution in [2.45, 2.75) is 13.0 Å². The average Bonchev–Trinajstić information content (AvgIpc) is 3.06. The van der Waals surface area contributed by atoms with Crippen molar-refractivity contribution in [1.82, 2.24) is 15.1 Å². The van der Waals surface area contributed by atoms with Crippen LogP contribution in [0.4, 0.5) is 0 Å². The van der Waals surface area contributed by atoms with E-state index in [0.29, 0.717) is 35.1 Å². The van der Waals surface area contributed by atoms with Crippen LogP contribution in [-0.4, -0.2) is 22.2 Å². The molecule has 4 nitrogen and oxygen atoms in total. The molecule has 6 heteroatoms. The van der Waals surface area contributed by atoms with Crippen LogP contribution < -0.4 is 5.32 Å². The maximum absolute atomic E-state index is 12.2. The van der Waals surface area contributed by atoms with E-state index in [4.69, 9.17) is 23.2 Å². The molecule has 3 aromatic rings. The van der Waals surface area contributed by atoms with E-state index in [-0.39, 0.29) is 5.91 Å². The van der Waals surface area contributed by atoms with Crippen LogP contribution in [0.2, 0.25) is 10.0 Å². The fraction of sp³-hybridized carbons (Fsp3) is 0.158. The number of rotatable bonds is 6. The quantitative estimate of drug-likeness (QED) is 0.703. The number of halogens is 2. The number of nitrogens with zero attached hydrogens (tertiary/aromatic N) is 2. The first-order chi connectivity index (χ1) is 12.1. The largest absolute Gasteiger partial charge is 0.352 e. The van der Waals surface area contributed by atoms with E-state index in [2.05, 4.69) is 10.4 Å². The highest BCUT2D eigenvalue weighted by Gasteiger charge is 2.09. The van der Waals surface area contributed by atoms with Crippen molar-refractivity contribution >= 4 is 29.1 Å². The molecule has 1 amide bonds. The molecule has 0 unspecified atom stereocenters. The highest BCUT2D eigenvalue weighted by Crippen LogP contribution is 2.21. The van der Waals surface area contributed by atoms with Gasteiger partial charge in [0.05, 0.1) is 18.3 Å². The summed E-state index contributed by atoms with van der Waals surface area (Å²) in [5.74, 6) is -0.149. The fourth-order valence-corrected chi connectivity index (χ4v) is 2.98. The molecule has 1 aromatic heterocycles. The summed E-state index contributed by atoms with van der Waals surface area (Å²) in [5.41, 5.74) is 2.62. The van der Waals surface area contributed by atoms with Crippen molar-refractivity contribution in [3.8, 4) is 0 Å². The monoisotopic (exact) mass is 373 g/mol. The van der Waals surface area contributed by atoms with Crippen LogP contribution in [0, 0.1) is 0 Å². The third-order valence-corrected chi connectivity index (χ3v) is 4.36. The molecule has 0 bridgehead atoms. The predicted molar refractivity (Wildman–Crippen MR) is 100 cm³/mol. The van der Waals surface area contributed by atoms with Crippen LogP contribution in [0.1, 0.15) is 21.5 Å². The maximum Gasteiger partial charge on any atom is 0.254 e. The molecule has 2 aromatic carbocycles. The van der Waals surface area contributed by atoms with Gasteiger partial charge in [0, 0.05) is 22.8 Å². The van der Waals surface area contributed by atoms with E-state index in [1.165, 1.54) is 0 Å². The topological polar surface area (TPSA) is 46.9 Å². The molecule has 25 heavy (non-hydrogen) atoms. The zero-order chi connectivity index (χ0) is 17.6. The molecular weight excluding hydrogens is 357 g/mol. The van der Waals surface area contributed by atoms with E-state index >= 15 is 0 Å². The van der Waals surface area contributed by atoms with E-state index in [0.717, 1.165) is 11.1 Å². The zero-order valence-corrected chi connectivity index (χ0v) is 15.0. The lowest BCUT2D eigenvalue weighted by molar-refractivity contribution is 0.0954. The molecule has 128 valence electrons. The Kier molecular flexibility index (Phi) is 5.74. The lowest BCUT2D eigenvalue weighted by atomic mass is 10.1. The number of carbonyl (C=O) groups excluding carboxylic acids is 1. The summed E-state index contributed by atoms with van der Waals surface area (Å²) in [6.07, 6.45) is 3.96. The van der Waals surface area contributed by atoms with Crippen LogP contribution in [0.3, 0.4) is 0 Å². The zero-order valence-electron chi connectivity index (χ0n) is 13.5. The summed E-state index contributed by atoms with van der Waals surface area (Å²) >= 11 is 12.0. The highest BCUT2D eigenvalue weighted by molar-refractivity contribution is 6.35. The summed E-state index contributed by atoms with van der Waals surface area (Å²) in [7, 11) is 0. The summed E-state index contributed by atoms with van der Waals surface area (Å²) in [6.45, 7) is 1.12. The standard InChI is InChI=1S/C19H17Cl2N3O/c20-17-7-6-15(18(21)10-17)8-9-22-19(25)16-11-23-24(13-16)12-14-4-2-1-3-5-14/h1-7,10-11,13H,8-9,12H2,(H,22,25). The van der Waals surface area contributed by atoms with Crippen LogP contribution in [0.15, 0.2) is 60.9 Å². The van der Waals surface area contributed by atoms with Crippen LogP contribution >= 0.6 is 23.2 Å². The second-order valence-corrected chi connectivity index (χ2v) is 6.50. The first kappa shape index (κ1) is 17.5. The van der Waals surface area contributed by atoms with Gasteiger partial charge in [0.25, 0.3) is 5.91 Å². The van der Waals surface area contributed by atoms with Gasteiger partial charge in [-0.25, -0.2) is 0 Å². The van der Waals surface area contributed by atoms with E-state index in [9.17, 15) is 4.79 Å². The van der Waals surface area contributed by atoms with Crippen molar-refractivity contribution in [3.63, 3.8) is 0 Å². The molecule has 0 aliphatic carbocycles. The number of aromatic nitrogens is 2. The van der Waals surface area contributed by atoms with Gasteiger partial charge in [-0.05, 0) is 29.7 Å². The lowest BCUT2D eigenvalue weighted by Crippen LogP contribution is -2.25. The van der Waals surface area contributed by atoms with Gasteiger partial charge in [0.1, 0.15) is 0 Å². The number of amides is 1. The SMILES string of the molecule is O=C(NCCc1ccc(Cl)cc1Cl)c1cnn(Cc2ccccc2)c1. The molecule has 0 saturated heterocycles. The van der Waals surface area contributed by atoms with Gasteiger partial charge in [-0.2, -0.15) is 5.10 Å². The van der Waals surface area contributed by atoms with Gasteiger partial charge in [0.2, 0.25) is 0 Å². The number of hydrogen-bond donors (Lipinski definition) is 1. The Morgan fingerprint density at radius 2 is 1.92 bits per heavy atom. The fourth-order valence-electron chi connectivity index (χ4n) is 2.47. The maximum atomic E-state index is 12.2. The van der Waals surface area contributed by atoms with Crippen molar-refractivity contribution in [3.05, 3.63) is 87.7 Å². The van der Waals surface area contributed by atoms with E-state index in [1.807, 2.05) is 36.4 Å². The van der Waals surface area contributed by atoms with Crippen molar-refractivity contribution in [1.29, 1.82) is 0 Å². The third kappa shape index (κ3) is 4.84. The molecule has 0 fully saturated rings. The van der Waals surface area contributed by atoms with Crippen LogP contribution in [0.25, 0.3) is 0 Å².